The second kappa shape index (κ2) is 10.6. The average molecular weight is 596 g/mol. The predicted octanol–water partition coefficient (Wildman–Crippen LogP) is 5.35. The number of benzene rings is 2. The van der Waals surface area contributed by atoms with Gasteiger partial charge in [-0.25, -0.2) is 4.98 Å². The van der Waals surface area contributed by atoms with Crippen molar-refractivity contribution in [2.45, 2.75) is 25.3 Å². The van der Waals surface area contributed by atoms with Crippen molar-refractivity contribution in [2.24, 2.45) is 0 Å². The molecule has 0 radical (unpaired) electrons. The lowest BCUT2D eigenvalue weighted by atomic mass is 9.87. The molecule has 4 aromatic rings. The van der Waals surface area contributed by atoms with E-state index in [1.807, 2.05) is 12.1 Å². The largest absolute Gasteiger partial charge is 0.495 e. The molecule has 0 bridgehead atoms. The van der Waals surface area contributed by atoms with E-state index >= 15 is 0 Å². The molecule has 1 atom stereocenters. The van der Waals surface area contributed by atoms with Crippen LogP contribution in [0.4, 0.5) is 23.1 Å². The highest BCUT2D eigenvalue weighted by atomic mass is 79.9. The molecule has 1 aliphatic rings. The lowest BCUT2D eigenvalue weighted by molar-refractivity contribution is 0.268. The van der Waals surface area contributed by atoms with E-state index in [0.29, 0.717) is 44.3 Å². The topological polar surface area (TPSA) is 105 Å². The van der Waals surface area contributed by atoms with Crippen LogP contribution in [0.1, 0.15) is 17.5 Å². The van der Waals surface area contributed by atoms with Gasteiger partial charge in [0.25, 0.3) is 0 Å². The van der Waals surface area contributed by atoms with Crippen molar-refractivity contribution in [3.05, 3.63) is 58.5 Å². The number of aromatic nitrogens is 4. The summed E-state index contributed by atoms with van der Waals surface area (Å²) >= 11 is 3.55. The lowest BCUT2D eigenvalue weighted by Gasteiger charge is -2.30. The van der Waals surface area contributed by atoms with Gasteiger partial charge in [-0.2, -0.15) is 4.98 Å². The number of halogens is 1. The quantitative estimate of drug-likeness (QED) is 0.274. The van der Waals surface area contributed by atoms with E-state index in [4.69, 9.17) is 9.72 Å². The van der Waals surface area contributed by atoms with Gasteiger partial charge in [0.05, 0.1) is 33.8 Å². The maximum Gasteiger partial charge on any atom is 0.229 e. The molecule has 0 amide bonds. The second-order valence-electron chi connectivity index (χ2n) is 10.1. The first-order valence-electron chi connectivity index (χ1n) is 12.4. The van der Waals surface area contributed by atoms with Crippen molar-refractivity contribution in [1.82, 2.24) is 24.8 Å². The smallest absolute Gasteiger partial charge is 0.229 e. The molecule has 0 saturated carbocycles. The highest BCUT2D eigenvalue weighted by molar-refractivity contribution is 9.10. The van der Waals surface area contributed by atoms with E-state index in [9.17, 15) is 4.57 Å². The van der Waals surface area contributed by atoms with E-state index in [2.05, 4.69) is 72.6 Å². The summed E-state index contributed by atoms with van der Waals surface area (Å²) in [6, 6.07) is 8.51. The predicted molar refractivity (Wildman–Crippen MR) is 157 cm³/mol. The van der Waals surface area contributed by atoms with Gasteiger partial charge in [0.1, 0.15) is 24.2 Å². The number of fused-ring (bicyclic) bond motifs is 2. The molecule has 2 aromatic carbocycles. The molecule has 0 aliphatic heterocycles. The van der Waals surface area contributed by atoms with Crippen LogP contribution in [0, 0.1) is 0 Å². The molecule has 1 unspecified atom stereocenters. The van der Waals surface area contributed by atoms with Crippen molar-refractivity contribution in [2.75, 3.05) is 45.2 Å². The standard InChI is InChI=1S/C27H31BrN7O2P/c1-35(2)18-7-6-16-13-22(23(37-3)14-17(16)12-18)33-27-31-15-19(28)26(34-27)32-21-9-8-20-24(30-11-10-29-20)25(21)38(4,5)36/h8-11,13-15,18H,6-7,12H2,1-5H3,(H2,31,32,33,34). The van der Waals surface area contributed by atoms with Crippen LogP contribution in [-0.2, 0) is 17.4 Å². The van der Waals surface area contributed by atoms with Crippen LogP contribution in [-0.4, -0.2) is 65.4 Å². The number of hydrogen-bond acceptors (Lipinski definition) is 9. The molecule has 11 heteroatoms. The normalized spacial score (nSPS) is 15.4. The molecule has 0 spiro atoms. The first kappa shape index (κ1) is 26.5. The van der Waals surface area contributed by atoms with Gasteiger partial charge < -0.3 is 24.8 Å². The zero-order valence-corrected chi connectivity index (χ0v) is 24.6. The number of nitrogens with zero attached hydrogens (tertiary/aromatic N) is 5. The van der Waals surface area contributed by atoms with Gasteiger partial charge in [-0.1, -0.05) is 0 Å². The van der Waals surface area contributed by atoms with Gasteiger partial charge >= 0.3 is 0 Å². The molecule has 2 N–H and O–H groups in total. The van der Waals surface area contributed by atoms with Gasteiger partial charge in [-0.05, 0) is 98.0 Å². The summed E-state index contributed by atoms with van der Waals surface area (Å²) in [7, 11) is 3.23. The highest BCUT2D eigenvalue weighted by Crippen LogP contribution is 2.41. The van der Waals surface area contributed by atoms with Crippen molar-refractivity contribution >= 4 is 62.6 Å². The maximum atomic E-state index is 13.3. The minimum absolute atomic E-state index is 0.411. The summed E-state index contributed by atoms with van der Waals surface area (Å²) in [6.07, 6.45) is 8.05. The van der Waals surface area contributed by atoms with Crippen LogP contribution in [0.2, 0.25) is 0 Å². The van der Waals surface area contributed by atoms with Gasteiger partial charge in [0, 0.05) is 24.6 Å². The van der Waals surface area contributed by atoms with Crippen molar-refractivity contribution in [1.29, 1.82) is 0 Å². The van der Waals surface area contributed by atoms with Crippen LogP contribution >= 0.6 is 23.1 Å². The van der Waals surface area contributed by atoms with E-state index in [1.165, 1.54) is 11.1 Å². The van der Waals surface area contributed by atoms with Crippen LogP contribution in [0.5, 0.6) is 5.75 Å². The Balaban J connectivity index is 1.47. The summed E-state index contributed by atoms with van der Waals surface area (Å²) in [5.41, 5.74) is 5.41. The van der Waals surface area contributed by atoms with Gasteiger partial charge in [-0.3, -0.25) is 9.97 Å². The fraction of sp³-hybridized carbons (Fsp3) is 0.333. The van der Waals surface area contributed by atoms with E-state index in [0.717, 1.165) is 30.7 Å². The number of rotatable bonds is 7. The number of aryl methyl sites for hydroxylation is 1. The van der Waals surface area contributed by atoms with Crippen molar-refractivity contribution < 1.29 is 9.30 Å². The Labute approximate surface area is 231 Å². The number of anilines is 4. The molecule has 38 heavy (non-hydrogen) atoms. The summed E-state index contributed by atoms with van der Waals surface area (Å²) in [5, 5.41) is 7.32. The Morgan fingerprint density at radius 1 is 1.05 bits per heavy atom. The van der Waals surface area contributed by atoms with Crippen molar-refractivity contribution in [3.8, 4) is 5.75 Å². The van der Waals surface area contributed by atoms with E-state index < -0.39 is 7.14 Å². The second-order valence-corrected chi connectivity index (χ2v) is 14.1. The first-order chi connectivity index (χ1) is 18.1. The molecule has 2 heterocycles. The summed E-state index contributed by atoms with van der Waals surface area (Å²) in [4.78, 5) is 20.3. The first-order valence-corrected chi connectivity index (χ1v) is 15.8. The van der Waals surface area contributed by atoms with E-state index in [1.54, 1.807) is 39.0 Å². The average Bonchev–Trinajstić information content (AvgIpc) is 2.89. The Morgan fingerprint density at radius 3 is 2.58 bits per heavy atom. The molecule has 5 rings (SSSR count). The Kier molecular flexibility index (Phi) is 7.40. The fourth-order valence-electron chi connectivity index (χ4n) is 4.91. The van der Waals surface area contributed by atoms with Crippen LogP contribution in [0.15, 0.2) is 47.3 Å². The van der Waals surface area contributed by atoms with Crippen LogP contribution in [0.25, 0.3) is 11.0 Å². The minimum atomic E-state index is -2.71. The Bertz CT molecular complexity index is 1560. The SMILES string of the molecule is COc1cc2c(cc1Nc1ncc(Br)c(Nc3ccc4nccnc4c3P(C)(C)=O)n1)CCC(N(C)C)C2. The van der Waals surface area contributed by atoms with Gasteiger partial charge in [0.2, 0.25) is 5.95 Å². The molecule has 1 aliphatic carbocycles. The molecular weight excluding hydrogens is 565 g/mol. The zero-order valence-electron chi connectivity index (χ0n) is 22.1. The highest BCUT2D eigenvalue weighted by Gasteiger charge is 2.24. The summed E-state index contributed by atoms with van der Waals surface area (Å²) in [5.74, 6) is 1.69. The number of likely N-dealkylation sites (N-methyl/N-ethyl adjacent to an activating group) is 1. The molecule has 198 valence electrons. The summed E-state index contributed by atoms with van der Waals surface area (Å²) in [6.45, 7) is 3.46. The molecular formula is C27H31BrN7O2P. The van der Waals surface area contributed by atoms with E-state index in [-0.39, 0.29) is 0 Å². The van der Waals surface area contributed by atoms with Crippen LogP contribution < -0.4 is 20.7 Å². The van der Waals surface area contributed by atoms with Gasteiger partial charge in [-0.15, -0.1) is 0 Å². The van der Waals surface area contributed by atoms with Crippen LogP contribution in [0.3, 0.4) is 0 Å². The third kappa shape index (κ3) is 5.39. The maximum absolute atomic E-state index is 13.3. The minimum Gasteiger partial charge on any atom is -0.495 e. The Morgan fingerprint density at radius 2 is 1.84 bits per heavy atom. The Hall–Kier alpha value is -3.07. The van der Waals surface area contributed by atoms with Gasteiger partial charge in [0.15, 0.2) is 0 Å². The van der Waals surface area contributed by atoms with Crippen molar-refractivity contribution in [3.63, 3.8) is 0 Å². The third-order valence-corrected chi connectivity index (χ3v) is 8.96. The number of nitrogens with one attached hydrogen (secondary N) is 2. The monoisotopic (exact) mass is 595 g/mol. The lowest BCUT2D eigenvalue weighted by Crippen LogP contribution is -2.33. The number of ether oxygens (including phenoxy) is 1. The molecule has 9 nitrogen and oxygen atoms in total. The molecule has 0 saturated heterocycles. The third-order valence-electron chi connectivity index (χ3n) is 6.85. The molecule has 2 aromatic heterocycles. The fourth-order valence-corrected chi connectivity index (χ4v) is 6.59. The number of hydrogen-bond donors (Lipinski definition) is 2. The number of methoxy groups -OCH3 is 1. The zero-order chi connectivity index (χ0) is 27.0. The molecule has 0 fully saturated rings. The summed E-state index contributed by atoms with van der Waals surface area (Å²) < 4.78 is 19.7.